The van der Waals surface area contributed by atoms with E-state index >= 15 is 0 Å². The summed E-state index contributed by atoms with van der Waals surface area (Å²) >= 11 is 0. The SMILES string of the molecule is CC1=C(C2CCC(O)CC2)C(C2CCC(OCCN3CCCCC3)CC2)OC2CC(O)CCC12.CN. The first-order chi connectivity index (χ1) is 17.6. The largest absolute Gasteiger partial charge is 0.393 e. The molecule has 6 heteroatoms. The number of aliphatic hydroxyl groups excluding tert-OH is 2. The minimum absolute atomic E-state index is 0.116. The molecular weight excluding hydrogens is 452 g/mol. The fourth-order valence-electron chi connectivity index (χ4n) is 7.85. The van der Waals surface area contributed by atoms with E-state index in [-0.39, 0.29) is 24.4 Å². The van der Waals surface area contributed by atoms with Crippen molar-refractivity contribution in [3.63, 3.8) is 0 Å². The summed E-state index contributed by atoms with van der Waals surface area (Å²) in [5.41, 5.74) is 7.67. The smallest absolute Gasteiger partial charge is 0.0822 e. The number of fused-ring (bicyclic) bond motifs is 1. The predicted octanol–water partition coefficient (Wildman–Crippen LogP) is 4.42. The quantitative estimate of drug-likeness (QED) is 0.462. The highest BCUT2D eigenvalue weighted by Gasteiger charge is 2.45. The van der Waals surface area contributed by atoms with Crippen LogP contribution in [0.3, 0.4) is 0 Å². The lowest BCUT2D eigenvalue weighted by Gasteiger charge is -2.48. The molecule has 2 heterocycles. The van der Waals surface area contributed by atoms with Crippen LogP contribution in [-0.2, 0) is 9.47 Å². The van der Waals surface area contributed by atoms with Gasteiger partial charge in [-0.15, -0.1) is 0 Å². The van der Waals surface area contributed by atoms with Crippen molar-refractivity contribution in [3.8, 4) is 0 Å². The molecule has 4 unspecified atom stereocenters. The Morgan fingerprint density at radius 3 is 2.22 bits per heavy atom. The third-order valence-electron chi connectivity index (χ3n) is 9.90. The molecule has 0 amide bonds. The molecule has 0 bridgehead atoms. The predicted molar refractivity (Wildman–Crippen MR) is 145 cm³/mol. The average molecular weight is 507 g/mol. The van der Waals surface area contributed by atoms with Gasteiger partial charge in [-0.2, -0.15) is 0 Å². The highest BCUT2D eigenvalue weighted by molar-refractivity contribution is 5.28. The lowest BCUT2D eigenvalue weighted by Crippen LogP contribution is -2.47. The van der Waals surface area contributed by atoms with E-state index in [1.54, 1.807) is 11.1 Å². The fraction of sp³-hybridized carbons (Fsp3) is 0.933. The lowest BCUT2D eigenvalue weighted by molar-refractivity contribution is -0.110. The Labute approximate surface area is 220 Å². The number of rotatable bonds is 6. The summed E-state index contributed by atoms with van der Waals surface area (Å²) in [4.78, 5) is 2.57. The Balaban J connectivity index is 0.00000148. The number of nitrogens with zero attached hydrogens (tertiary/aromatic N) is 1. The molecule has 0 aromatic carbocycles. The van der Waals surface area contributed by atoms with Crippen molar-refractivity contribution in [1.29, 1.82) is 0 Å². The van der Waals surface area contributed by atoms with Crippen molar-refractivity contribution < 1.29 is 19.7 Å². The summed E-state index contributed by atoms with van der Waals surface area (Å²) in [6, 6.07) is 0. The molecule has 0 aromatic rings. The second kappa shape index (κ2) is 14.0. The van der Waals surface area contributed by atoms with Crippen LogP contribution >= 0.6 is 0 Å². The van der Waals surface area contributed by atoms with Crippen LogP contribution in [0.15, 0.2) is 11.1 Å². The van der Waals surface area contributed by atoms with Crippen LogP contribution in [0.2, 0.25) is 0 Å². The topological polar surface area (TPSA) is 88.2 Å². The maximum atomic E-state index is 10.3. The van der Waals surface area contributed by atoms with E-state index in [4.69, 9.17) is 9.47 Å². The summed E-state index contributed by atoms with van der Waals surface area (Å²) in [5.74, 6) is 1.62. The van der Waals surface area contributed by atoms with E-state index < -0.39 is 0 Å². The Morgan fingerprint density at radius 1 is 0.861 bits per heavy atom. The summed E-state index contributed by atoms with van der Waals surface area (Å²) < 4.78 is 13.3. The van der Waals surface area contributed by atoms with E-state index in [9.17, 15) is 10.2 Å². The van der Waals surface area contributed by atoms with E-state index in [0.717, 1.165) is 70.9 Å². The van der Waals surface area contributed by atoms with E-state index in [1.165, 1.54) is 52.2 Å². The second-order valence-electron chi connectivity index (χ2n) is 12.1. The third kappa shape index (κ3) is 7.12. The van der Waals surface area contributed by atoms with Crippen molar-refractivity contribution >= 4 is 0 Å². The van der Waals surface area contributed by atoms with Crippen LogP contribution in [0.5, 0.6) is 0 Å². The van der Waals surface area contributed by atoms with E-state index in [0.29, 0.717) is 23.9 Å². The Bertz CT molecular complexity index is 678. The van der Waals surface area contributed by atoms with Crippen LogP contribution < -0.4 is 5.73 Å². The van der Waals surface area contributed by atoms with Crippen LogP contribution in [0.25, 0.3) is 0 Å². The monoisotopic (exact) mass is 506 g/mol. The first kappa shape index (κ1) is 28.5. The highest BCUT2D eigenvalue weighted by Crippen LogP contribution is 2.48. The number of ether oxygens (including phenoxy) is 2. The van der Waals surface area contributed by atoms with Gasteiger partial charge in [0.15, 0.2) is 0 Å². The van der Waals surface area contributed by atoms with Crippen molar-refractivity contribution in [2.75, 3.05) is 33.3 Å². The molecular formula is C30H54N2O4. The van der Waals surface area contributed by atoms with Gasteiger partial charge in [0.1, 0.15) is 0 Å². The van der Waals surface area contributed by atoms with Crippen molar-refractivity contribution in [1.82, 2.24) is 4.90 Å². The molecule has 6 nitrogen and oxygen atoms in total. The van der Waals surface area contributed by atoms with Gasteiger partial charge >= 0.3 is 0 Å². The zero-order valence-electron chi connectivity index (χ0n) is 23.1. The van der Waals surface area contributed by atoms with E-state index in [2.05, 4.69) is 17.6 Å². The molecule has 1 saturated heterocycles. The second-order valence-corrected chi connectivity index (χ2v) is 12.1. The van der Waals surface area contributed by atoms with Crippen LogP contribution in [-0.4, -0.2) is 78.9 Å². The first-order valence-electron chi connectivity index (χ1n) is 15.2. The summed E-state index contributed by atoms with van der Waals surface area (Å²) in [7, 11) is 1.50. The average Bonchev–Trinajstić information content (AvgIpc) is 2.91. The van der Waals surface area contributed by atoms with Gasteiger partial charge in [-0.1, -0.05) is 12.0 Å². The normalized spacial score (nSPS) is 40.2. The van der Waals surface area contributed by atoms with Gasteiger partial charge in [-0.3, -0.25) is 0 Å². The van der Waals surface area contributed by atoms with Crippen LogP contribution in [0, 0.1) is 17.8 Å². The van der Waals surface area contributed by atoms with Gasteiger partial charge in [0.2, 0.25) is 0 Å². The standard InChI is InChI=1S/C29H49NO4.CH5N/c1-20-26-14-11-24(32)19-27(26)34-29(28(20)21-5-9-23(31)10-6-21)22-7-12-25(13-8-22)33-18-17-30-15-3-2-4-16-30;1-2/h21-27,29,31-32H,2-19H2,1H3;2H2,1H3. The Kier molecular flexibility index (Phi) is 11.1. The highest BCUT2D eigenvalue weighted by atomic mass is 16.5. The van der Waals surface area contributed by atoms with Crippen molar-refractivity contribution in [2.45, 2.75) is 127 Å². The molecule has 36 heavy (non-hydrogen) atoms. The molecule has 0 radical (unpaired) electrons. The molecule has 4 atom stereocenters. The van der Waals surface area contributed by atoms with Crippen molar-refractivity contribution in [3.05, 3.63) is 11.1 Å². The zero-order chi connectivity index (χ0) is 25.5. The molecule has 4 fully saturated rings. The molecule has 208 valence electrons. The Hall–Kier alpha value is -0.500. The van der Waals surface area contributed by atoms with Crippen molar-refractivity contribution in [2.24, 2.45) is 23.5 Å². The number of hydrogen-bond acceptors (Lipinski definition) is 6. The third-order valence-corrected chi connectivity index (χ3v) is 9.90. The van der Waals surface area contributed by atoms with Gasteiger partial charge in [-0.05, 0) is 122 Å². The minimum atomic E-state index is -0.204. The van der Waals surface area contributed by atoms with Crippen LogP contribution in [0.4, 0.5) is 0 Å². The van der Waals surface area contributed by atoms with Gasteiger partial charge in [0.05, 0.1) is 37.1 Å². The van der Waals surface area contributed by atoms with Gasteiger partial charge in [0, 0.05) is 18.9 Å². The molecule has 2 aliphatic heterocycles. The number of hydrogen-bond donors (Lipinski definition) is 3. The molecule has 5 rings (SSSR count). The molecule has 0 aromatic heterocycles. The maximum Gasteiger partial charge on any atom is 0.0822 e. The summed E-state index contributed by atoms with van der Waals surface area (Å²) in [5, 5.41) is 20.5. The lowest BCUT2D eigenvalue weighted by atomic mass is 9.67. The molecule has 5 aliphatic rings. The molecule has 3 aliphatic carbocycles. The van der Waals surface area contributed by atoms with Crippen LogP contribution in [0.1, 0.15) is 96.8 Å². The Morgan fingerprint density at radius 2 is 1.53 bits per heavy atom. The zero-order valence-corrected chi connectivity index (χ0v) is 23.1. The molecule has 0 spiro atoms. The van der Waals surface area contributed by atoms with Gasteiger partial charge in [0.25, 0.3) is 0 Å². The van der Waals surface area contributed by atoms with E-state index in [1.807, 2.05) is 0 Å². The fourth-order valence-corrected chi connectivity index (χ4v) is 7.85. The summed E-state index contributed by atoms with van der Waals surface area (Å²) in [6.45, 7) is 6.85. The molecule has 4 N–H and O–H groups in total. The number of aliphatic hydroxyl groups is 2. The molecule has 3 saturated carbocycles. The van der Waals surface area contributed by atoms with Gasteiger partial charge in [-0.25, -0.2) is 0 Å². The number of piperidine rings is 1. The number of nitrogens with two attached hydrogens (primary N) is 1. The summed E-state index contributed by atoms with van der Waals surface area (Å²) in [6.07, 6.45) is 16.1. The minimum Gasteiger partial charge on any atom is -0.393 e. The first-order valence-corrected chi connectivity index (χ1v) is 15.2. The maximum absolute atomic E-state index is 10.3. The number of likely N-dealkylation sites (tertiary alicyclic amines) is 1. The van der Waals surface area contributed by atoms with Gasteiger partial charge < -0.3 is 30.3 Å².